The van der Waals surface area contributed by atoms with Crippen LogP contribution in [-0.4, -0.2) is 41.5 Å². The van der Waals surface area contributed by atoms with Gasteiger partial charge < -0.3 is 10.8 Å². The largest absolute Gasteiger partial charge is 0.417 e. The van der Waals surface area contributed by atoms with E-state index in [-0.39, 0.29) is 32.2 Å². The van der Waals surface area contributed by atoms with Gasteiger partial charge in [0.25, 0.3) is 0 Å². The van der Waals surface area contributed by atoms with Crippen molar-refractivity contribution in [1.29, 1.82) is 0 Å². The molecule has 1 aliphatic carbocycles. The zero-order chi connectivity index (χ0) is 22.8. The van der Waals surface area contributed by atoms with E-state index in [0.29, 0.717) is 5.52 Å². The number of nitrogens with zero attached hydrogens (tertiary/aromatic N) is 1. The van der Waals surface area contributed by atoms with Crippen LogP contribution in [0.5, 0.6) is 0 Å². The van der Waals surface area contributed by atoms with Gasteiger partial charge in [0, 0.05) is 35.0 Å². The number of fused-ring (bicyclic) bond motifs is 1. The first-order valence-corrected chi connectivity index (χ1v) is 10.7. The molecule has 0 bridgehead atoms. The Morgan fingerprint density at radius 2 is 1.87 bits per heavy atom. The average Bonchev–Trinajstić information content (AvgIpc) is 3.02. The van der Waals surface area contributed by atoms with Gasteiger partial charge in [-0.25, -0.2) is 17.5 Å². The molecule has 3 aromatic rings. The smallest absolute Gasteiger partial charge is 0.382 e. The molecule has 0 amide bonds. The molecule has 0 atom stereocenters. The summed E-state index contributed by atoms with van der Waals surface area (Å²) >= 11 is 6.19. The Balaban J connectivity index is 1.60. The minimum absolute atomic E-state index is 0.0480. The number of aromatic nitrogens is 2. The lowest BCUT2D eigenvalue weighted by molar-refractivity contribution is -0.290. The summed E-state index contributed by atoms with van der Waals surface area (Å²) in [5.41, 5.74) is 3.38. The minimum atomic E-state index is -4.84. The number of H-pyrrole nitrogens is 1. The number of sulfonamides is 1. The summed E-state index contributed by atoms with van der Waals surface area (Å²) in [7, 11) is -4.22. The van der Waals surface area contributed by atoms with Crippen LogP contribution in [0.25, 0.3) is 22.0 Å². The molecule has 0 radical (unpaired) electrons. The molecule has 13 heteroatoms. The van der Waals surface area contributed by atoms with E-state index in [0.717, 1.165) is 12.1 Å². The second-order valence-corrected chi connectivity index (χ2v) is 9.48. The van der Waals surface area contributed by atoms with Gasteiger partial charge >= 0.3 is 6.18 Å². The molecule has 2 aromatic carbocycles. The predicted octanol–water partition coefficient (Wildman–Crippen LogP) is 3.34. The molecule has 7 nitrogen and oxygen atoms in total. The molecule has 1 aromatic heterocycles. The number of nitrogens with one attached hydrogen (secondary N) is 2. The highest BCUT2D eigenvalue weighted by atomic mass is 35.5. The van der Waals surface area contributed by atoms with Gasteiger partial charge in [0.1, 0.15) is 5.82 Å². The van der Waals surface area contributed by atoms with Crippen LogP contribution >= 0.6 is 11.6 Å². The summed E-state index contributed by atoms with van der Waals surface area (Å²) in [5, 5.41) is 15.7. The zero-order valence-corrected chi connectivity index (χ0v) is 17.0. The molecular formula is C18H15ClF4N4O3S. The molecule has 1 fully saturated rings. The summed E-state index contributed by atoms with van der Waals surface area (Å²) in [4.78, 5) is -0.312. The Morgan fingerprint density at radius 1 is 1.23 bits per heavy atom. The maximum Gasteiger partial charge on any atom is 0.417 e. The SMILES string of the molecule is Nc1n[nH]c2ccc(-c3ccc(S(=O)(=O)N[C@H]4C[C@](O)(C(F)(F)F)C4)cc3Cl)c(F)c12. The number of hydrogen-bond donors (Lipinski definition) is 4. The Labute approximate surface area is 178 Å². The first-order valence-electron chi connectivity index (χ1n) is 8.86. The van der Waals surface area contributed by atoms with Gasteiger partial charge in [-0.05, 0) is 24.3 Å². The Hall–Kier alpha value is -2.41. The van der Waals surface area contributed by atoms with E-state index in [1.807, 2.05) is 0 Å². The number of aliphatic hydroxyl groups is 1. The number of anilines is 1. The third kappa shape index (κ3) is 3.63. The number of alkyl halides is 3. The van der Waals surface area contributed by atoms with Crippen LogP contribution in [-0.2, 0) is 10.0 Å². The van der Waals surface area contributed by atoms with E-state index in [1.54, 1.807) is 0 Å². The standard InChI is InChI=1S/C18H15ClF4N4O3S/c19-12-5-9(31(29,30)27-8-6-17(28,7-8)18(21,22)23)1-2-10(12)11-3-4-13-14(15(11)20)16(24)26-25-13/h1-5,8,27-28H,6-7H2,(H3,24,25,26)/t8-,17+. The average molecular weight is 479 g/mol. The quantitative estimate of drug-likeness (QED) is 0.429. The number of hydrogen-bond acceptors (Lipinski definition) is 5. The molecule has 1 saturated carbocycles. The molecule has 0 aliphatic heterocycles. The molecule has 31 heavy (non-hydrogen) atoms. The van der Waals surface area contributed by atoms with Crippen LogP contribution in [0.15, 0.2) is 35.2 Å². The van der Waals surface area contributed by atoms with Crippen molar-refractivity contribution in [2.45, 2.75) is 35.6 Å². The van der Waals surface area contributed by atoms with Crippen molar-refractivity contribution in [3.05, 3.63) is 41.2 Å². The van der Waals surface area contributed by atoms with Gasteiger partial charge in [-0.2, -0.15) is 18.3 Å². The van der Waals surface area contributed by atoms with E-state index >= 15 is 0 Å². The number of nitrogen functional groups attached to an aromatic ring is 1. The molecule has 5 N–H and O–H groups in total. The Kier molecular flexibility index (Phi) is 4.96. The molecule has 0 saturated heterocycles. The van der Waals surface area contributed by atoms with E-state index in [2.05, 4.69) is 14.9 Å². The summed E-state index contributed by atoms with van der Waals surface area (Å²) < 4.78 is 80.2. The number of aromatic amines is 1. The molecular weight excluding hydrogens is 464 g/mol. The lowest BCUT2D eigenvalue weighted by Gasteiger charge is -2.44. The Morgan fingerprint density at radius 3 is 2.48 bits per heavy atom. The van der Waals surface area contributed by atoms with Crippen molar-refractivity contribution in [1.82, 2.24) is 14.9 Å². The number of halogens is 5. The molecule has 1 aliphatic rings. The first-order chi connectivity index (χ1) is 14.3. The van der Waals surface area contributed by atoms with Gasteiger partial charge in [-0.1, -0.05) is 17.7 Å². The summed E-state index contributed by atoms with van der Waals surface area (Å²) in [5.74, 6) is -0.742. The zero-order valence-electron chi connectivity index (χ0n) is 15.5. The van der Waals surface area contributed by atoms with Crippen LogP contribution in [0.3, 0.4) is 0 Å². The van der Waals surface area contributed by atoms with Crippen molar-refractivity contribution in [3.63, 3.8) is 0 Å². The van der Waals surface area contributed by atoms with Crippen molar-refractivity contribution in [3.8, 4) is 11.1 Å². The van der Waals surface area contributed by atoms with Crippen LogP contribution in [0.2, 0.25) is 5.02 Å². The highest BCUT2D eigenvalue weighted by Gasteiger charge is 2.61. The first kappa shape index (κ1) is 21.8. The van der Waals surface area contributed by atoms with Gasteiger partial charge in [-0.15, -0.1) is 0 Å². The number of nitrogens with two attached hydrogens (primary N) is 1. The molecule has 166 valence electrons. The third-order valence-corrected chi connectivity index (χ3v) is 7.08. The molecule has 4 rings (SSSR count). The Bertz CT molecular complexity index is 1290. The van der Waals surface area contributed by atoms with Crippen LogP contribution < -0.4 is 10.5 Å². The van der Waals surface area contributed by atoms with E-state index < -0.39 is 46.5 Å². The fraction of sp³-hybridized carbons (Fsp3) is 0.278. The fourth-order valence-electron chi connectivity index (χ4n) is 3.54. The van der Waals surface area contributed by atoms with Crippen molar-refractivity contribution in [2.75, 3.05) is 5.73 Å². The van der Waals surface area contributed by atoms with Gasteiger partial charge in [-0.3, -0.25) is 5.10 Å². The second-order valence-electron chi connectivity index (χ2n) is 7.36. The third-order valence-electron chi connectivity index (χ3n) is 5.25. The van der Waals surface area contributed by atoms with E-state index in [9.17, 15) is 31.1 Å². The van der Waals surface area contributed by atoms with Crippen LogP contribution in [0, 0.1) is 5.82 Å². The lowest BCUT2D eigenvalue weighted by Crippen LogP contribution is -2.62. The topological polar surface area (TPSA) is 121 Å². The lowest BCUT2D eigenvalue weighted by atomic mass is 9.76. The van der Waals surface area contributed by atoms with Crippen molar-refractivity contribution < 1.29 is 31.1 Å². The highest BCUT2D eigenvalue weighted by Crippen LogP contribution is 2.45. The van der Waals surface area contributed by atoms with Crippen LogP contribution in [0.1, 0.15) is 12.8 Å². The van der Waals surface area contributed by atoms with Gasteiger partial charge in [0.2, 0.25) is 10.0 Å². The van der Waals surface area contributed by atoms with Crippen LogP contribution in [0.4, 0.5) is 23.4 Å². The summed E-state index contributed by atoms with van der Waals surface area (Å²) in [6, 6.07) is 5.38. The normalized spacial score (nSPS) is 21.9. The van der Waals surface area contributed by atoms with Gasteiger partial charge in [0.15, 0.2) is 11.4 Å². The van der Waals surface area contributed by atoms with Crippen molar-refractivity contribution in [2.24, 2.45) is 0 Å². The van der Waals surface area contributed by atoms with E-state index in [1.165, 1.54) is 18.2 Å². The highest BCUT2D eigenvalue weighted by molar-refractivity contribution is 7.89. The predicted molar refractivity (Wildman–Crippen MR) is 105 cm³/mol. The fourth-order valence-corrected chi connectivity index (χ4v) is 5.15. The summed E-state index contributed by atoms with van der Waals surface area (Å²) in [6.45, 7) is 0. The summed E-state index contributed by atoms with van der Waals surface area (Å²) in [6.07, 6.45) is -6.43. The van der Waals surface area contributed by atoms with E-state index in [4.69, 9.17) is 17.3 Å². The molecule has 0 unspecified atom stereocenters. The maximum absolute atomic E-state index is 14.9. The maximum atomic E-state index is 14.9. The monoisotopic (exact) mass is 478 g/mol. The van der Waals surface area contributed by atoms with Crippen molar-refractivity contribution >= 4 is 38.3 Å². The second kappa shape index (κ2) is 7.05. The number of rotatable bonds is 4. The molecule has 1 heterocycles. The van der Waals surface area contributed by atoms with Gasteiger partial charge in [0.05, 0.1) is 15.8 Å². The number of benzene rings is 2. The minimum Gasteiger partial charge on any atom is -0.382 e. The molecule has 0 spiro atoms.